The fraction of sp³-hybridized carbons (Fsp3) is 0.500. The van der Waals surface area contributed by atoms with Crippen LogP contribution in [0.5, 0.6) is 0 Å². The van der Waals surface area contributed by atoms with Crippen molar-refractivity contribution in [3.05, 3.63) is 33.8 Å². The Balaban J connectivity index is 2.23. The minimum Gasteiger partial charge on any atom is -0.336 e. The van der Waals surface area contributed by atoms with Crippen LogP contribution in [0.25, 0.3) is 0 Å². The standard InChI is InChI=1S/C14H19BrN2O/c1-10-11(5-4-6-12(10)15)13(18)17-8-7-16-14(2,3)9-17/h4-6,16H,7-9H2,1-3H3. The smallest absolute Gasteiger partial charge is 0.254 e. The third kappa shape index (κ3) is 2.75. The number of carbonyl (C=O) groups is 1. The van der Waals surface area contributed by atoms with Gasteiger partial charge < -0.3 is 10.2 Å². The Morgan fingerprint density at radius 3 is 2.83 bits per heavy atom. The first-order chi connectivity index (χ1) is 8.41. The van der Waals surface area contributed by atoms with E-state index in [4.69, 9.17) is 0 Å². The first-order valence-electron chi connectivity index (χ1n) is 6.20. The van der Waals surface area contributed by atoms with Gasteiger partial charge in [0.2, 0.25) is 0 Å². The Kier molecular flexibility index (Phi) is 3.78. The number of hydrogen-bond donors (Lipinski definition) is 1. The van der Waals surface area contributed by atoms with E-state index in [1.165, 1.54) is 0 Å². The third-order valence-electron chi connectivity index (χ3n) is 3.36. The molecule has 0 aliphatic carbocycles. The van der Waals surface area contributed by atoms with Crippen molar-refractivity contribution in [2.75, 3.05) is 19.6 Å². The summed E-state index contributed by atoms with van der Waals surface area (Å²) >= 11 is 3.48. The Labute approximate surface area is 117 Å². The quantitative estimate of drug-likeness (QED) is 0.864. The van der Waals surface area contributed by atoms with Crippen LogP contribution in [0.3, 0.4) is 0 Å². The molecule has 0 unspecified atom stereocenters. The highest BCUT2D eigenvalue weighted by atomic mass is 79.9. The van der Waals surface area contributed by atoms with Crippen LogP contribution in [0.2, 0.25) is 0 Å². The zero-order chi connectivity index (χ0) is 13.3. The van der Waals surface area contributed by atoms with Gasteiger partial charge in [-0.3, -0.25) is 4.79 Å². The van der Waals surface area contributed by atoms with E-state index in [9.17, 15) is 4.79 Å². The first kappa shape index (κ1) is 13.6. The number of piperazine rings is 1. The summed E-state index contributed by atoms with van der Waals surface area (Å²) in [5.41, 5.74) is 1.80. The van der Waals surface area contributed by atoms with Gasteiger partial charge in [-0.2, -0.15) is 0 Å². The molecular formula is C14H19BrN2O. The van der Waals surface area contributed by atoms with Crippen molar-refractivity contribution in [2.45, 2.75) is 26.3 Å². The molecular weight excluding hydrogens is 292 g/mol. The number of halogens is 1. The van der Waals surface area contributed by atoms with Crippen LogP contribution in [0.15, 0.2) is 22.7 Å². The highest BCUT2D eigenvalue weighted by Gasteiger charge is 2.29. The number of carbonyl (C=O) groups excluding carboxylic acids is 1. The number of nitrogens with one attached hydrogen (secondary N) is 1. The largest absolute Gasteiger partial charge is 0.336 e. The second-order valence-electron chi connectivity index (χ2n) is 5.45. The minimum absolute atomic E-state index is 0.00612. The highest BCUT2D eigenvalue weighted by molar-refractivity contribution is 9.10. The lowest BCUT2D eigenvalue weighted by Gasteiger charge is -2.39. The molecule has 1 aromatic carbocycles. The average molecular weight is 311 g/mol. The Morgan fingerprint density at radius 1 is 1.44 bits per heavy atom. The second-order valence-corrected chi connectivity index (χ2v) is 6.30. The minimum atomic E-state index is -0.00612. The molecule has 0 atom stereocenters. The number of hydrogen-bond acceptors (Lipinski definition) is 2. The molecule has 1 heterocycles. The van der Waals surface area contributed by atoms with Crippen molar-refractivity contribution >= 4 is 21.8 Å². The summed E-state index contributed by atoms with van der Waals surface area (Å²) in [7, 11) is 0. The van der Waals surface area contributed by atoms with Crippen molar-refractivity contribution in [3.8, 4) is 0 Å². The number of benzene rings is 1. The highest BCUT2D eigenvalue weighted by Crippen LogP contribution is 2.22. The van der Waals surface area contributed by atoms with Crippen LogP contribution in [0.4, 0.5) is 0 Å². The number of nitrogens with zero attached hydrogens (tertiary/aromatic N) is 1. The molecule has 1 aliphatic rings. The molecule has 98 valence electrons. The Hall–Kier alpha value is -0.870. The summed E-state index contributed by atoms with van der Waals surface area (Å²) in [6.07, 6.45) is 0. The summed E-state index contributed by atoms with van der Waals surface area (Å²) < 4.78 is 0.989. The maximum absolute atomic E-state index is 12.5. The zero-order valence-electron chi connectivity index (χ0n) is 11.1. The van der Waals surface area contributed by atoms with E-state index in [1.54, 1.807) is 0 Å². The normalized spacial score (nSPS) is 18.8. The van der Waals surface area contributed by atoms with E-state index in [0.717, 1.165) is 35.2 Å². The van der Waals surface area contributed by atoms with Crippen LogP contribution in [0, 0.1) is 6.92 Å². The van der Waals surface area contributed by atoms with Crippen LogP contribution in [-0.2, 0) is 0 Å². The van der Waals surface area contributed by atoms with E-state index in [-0.39, 0.29) is 11.4 Å². The van der Waals surface area contributed by atoms with Gasteiger partial charge in [-0.15, -0.1) is 0 Å². The lowest BCUT2D eigenvalue weighted by Crippen LogP contribution is -2.58. The molecule has 1 N–H and O–H groups in total. The SMILES string of the molecule is Cc1c(Br)cccc1C(=O)N1CCNC(C)(C)C1. The summed E-state index contributed by atoms with van der Waals surface area (Å²) in [6.45, 7) is 8.60. The summed E-state index contributed by atoms with van der Waals surface area (Å²) in [6, 6.07) is 5.78. The van der Waals surface area contributed by atoms with Gasteiger partial charge in [0.15, 0.2) is 0 Å². The van der Waals surface area contributed by atoms with Crippen LogP contribution in [-0.4, -0.2) is 36.0 Å². The maximum atomic E-state index is 12.5. The molecule has 18 heavy (non-hydrogen) atoms. The van der Waals surface area contributed by atoms with Gasteiger partial charge in [-0.25, -0.2) is 0 Å². The molecule has 2 rings (SSSR count). The van der Waals surface area contributed by atoms with E-state index in [0.29, 0.717) is 0 Å². The molecule has 0 bridgehead atoms. The zero-order valence-corrected chi connectivity index (χ0v) is 12.7. The van der Waals surface area contributed by atoms with Crippen molar-refractivity contribution in [1.82, 2.24) is 10.2 Å². The van der Waals surface area contributed by atoms with E-state index in [2.05, 4.69) is 35.1 Å². The Bertz CT molecular complexity index is 471. The third-order valence-corrected chi connectivity index (χ3v) is 4.22. The van der Waals surface area contributed by atoms with Gasteiger partial charge in [0.1, 0.15) is 0 Å². The van der Waals surface area contributed by atoms with Crippen molar-refractivity contribution < 1.29 is 4.79 Å². The maximum Gasteiger partial charge on any atom is 0.254 e. The molecule has 0 aromatic heterocycles. The summed E-state index contributed by atoms with van der Waals surface area (Å²) in [5, 5.41) is 3.42. The van der Waals surface area contributed by atoms with E-state index < -0.39 is 0 Å². The second kappa shape index (κ2) is 5.02. The number of amides is 1. The molecule has 0 spiro atoms. The molecule has 1 amide bonds. The molecule has 0 radical (unpaired) electrons. The average Bonchev–Trinajstić information content (AvgIpc) is 2.30. The molecule has 1 aromatic rings. The van der Waals surface area contributed by atoms with E-state index >= 15 is 0 Å². The lowest BCUT2D eigenvalue weighted by atomic mass is 10.0. The van der Waals surface area contributed by atoms with Crippen molar-refractivity contribution in [2.24, 2.45) is 0 Å². The summed E-state index contributed by atoms with van der Waals surface area (Å²) in [4.78, 5) is 14.5. The van der Waals surface area contributed by atoms with Crippen molar-refractivity contribution in [1.29, 1.82) is 0 Å². The number of rotatable bonds is 1. The predicted octanol–water partition coefficient (Wildman–Crippen LogP) is 2.58. The monoisotopic (exact) mass is 310 g/mol. The lowest BCUT2D eigenvalue weighted by molar-refractivity contribution is 0.0651. The van der Waals surface area contributed by atoms with Gasteiger partial charge in [0.05, 0.1) is 0 Å². The van der Waals surface area contributed by atoms with Gasteiger partial charge in [-0.1, -0.05) is 22.0 Å². The van der Waals surface area contributed by atoms with Gasteiger partial charge in [-0.05, 0) is 38.5 Å². The van der Waals surface area contributed by atoms with Gasteiger partial charge in [0, 0.05) is 35.2 Å². The van der Waals surface area contributed by atoms with Crippen LogP contribution in [0.1, 0.15) is 29.8 Å². The van der Waals surface area contributed by atoms with Crippen molar-refractivity contribution in [3.63, 3.8) is 0 Å². The first-order valence-corrected chi connectivity index (χ1v) is 6.99. The summed E-state index contributed by atoms with van der Waals surface area (Å²) in [5.74, 6) is 0.128. The molecule has 4 heteroatoms. The van der Waals surface area contributed by atoms with E-state index in [1.807, 2.05) is 30.0 Å². The van der Waals surface area contributed by atoms with Crippen LogP contribution >= 0.6 is 15.9 Å². The molecule has 1 fully saturated rings. The molecule has 3 nitrogen and oxygen atoms in total. The molecule has 1 saturated heterocycles. The fourth-order valence-corrected chi connectivity index (χ4v) is 2.69. The topological polar surface area (TPSA) is 32.3 Å². The van der Waals surface area contributed by atoms with Gasteiger partial charge in [0.25, 0.3) is 5.91 Å². The van der Waals surface area contributed by atoms with Gasteiger partial charge >= 0.3 is 0 Å². The fourth-order valence-electron chi connectivity index (χ4n) is 2.32. The predicted molar refractivity (Wildman–Crippen MR) is 76.9 cm³/mol. The molecule has 1 aliphatic heterocycles. The van der Waals surface area contributed by atoms with Crippen LogP contribution < -0.4 is 5.32 Å². The Morgan fingerprint density at radius 2 is 2.17 bits per heavy atom. The molecule has 0 saturated carbocycles.